The molecule has 0 aromatic heterocycles. The molecule has 0 saturated carbocycles. The van der Waals surface area contributed by atoms with Crippen molar-refractivity contribution in [2.45, 2.75) is 31.9 Å². The molecule has 2 heterocycles. The summed E-state index contributed by atoms with van der Waals surface area (Å²) in [7, 11) is 0. The smallest absolute Gasteiger partial charge is 0.338 e. The Kier molecular flexibility index (Phi) is 4.73. The number of carbonyl (C=O) groups excluding carboxylic acids is 3. The van der Waals surface area contributed by atoms with E-state index >= 15 is 0 Å². The SMILES string of the molecule is C[C@@H](OC(=O)c1ccc2c(c1)NC(=O)[C@@H]1CCCN21)C(=O)Nc1ccccc1. The molecule has 144 valence electrons. The number of benzene rings is 2. The topological polar surface area (TPSA) is 87.7 Å². The summed E-state index contributed by atoms with van der Waals surface area (Å²) >= 11 is 0. The zero-order valence-electron chi connectivity index (χ0n) is 15.5. The van der Waals surface area contributed by atoms with Crippen molar-refractivity contribution in [1.82, 2.24) is 0 Å². The van der Waals surface area contributed by atoms with Gasteiger partial charge in [-0.25, -0.2) is 4.79 Å². The number of fused-ring (bicyclic) bond motifs is 3. The Morgan fingerprint density at radius 2 is 2.00 bits per heavy atom. The third kappa shape index (κ3) is 3.43. The van der Waals surface area contributed by atoms with Crippen LogP contribution in [0.4, 0.5) is 17.1 Å². The first-order chi connectivity index (χ1) is 13.5. The summed E-state index contributed by atoms with van der Waals surface area (Å²) in [5.74, 6) is -1.08. The molecule has 2 aliphatic heterocycles. The first-order valence-electron chi connectivity index (χ1n) is 9.31. The number of amides is 2. The second-order valence-electron chi connectivity index (χ2n) is 6.98. The van der Waals surface area contributed by atoms with Gasteiger partial charge in [-0.1, -0.05) is 18.2 Å². The van der Waals surface area contributed by atoms with E-state index in [1.807, 2.05) is 12.1 Å². The highest BCUT2D eigenvalue weighted by molar-refractivity contribution is 6.05. The van der Waals surface area contributed by atoms with Crippen LogP contribution in [-0.4, -0.2) is 36.5 Å². The van der Waals surface area contributed by atoms with Gasteiger partial charge in [0.05, 0.1) is 16.9 Å². The van der Waals surface area contributed by atoms with Crippen LogP contribution < -0.4 is 15.5 Å². The number of anilines is 3. The molecular formula is C21H21N3O4. The molecule has 0 aliphatic carbocycles. The molecule has 1 saturated heterocycles. The van der Waals surface area contributed by atoms with E-state index < -0.39 is 18.0 Å². The van der Waals surface area contributed by atoms with Crippen LogP contribution in [0.2, 0.25) is 0 Å². The van der Waals surface area contributed by atoms with Gasteiger partial charge in [-0.3, -0.25) is 9.59 Å². The predicted octanol–water partition coefficient (Wildman–Crippen LogP) is 2.79. The Bertz CT molecular complexity index is 929. The van der Waals surface area contributed by atoms with E-state index in [0.29, 0.717) is 11.4 Å². The molecule has 2 atom stereocenters. The fourth-order valence-corrected chi connectivity index (χ4v) is 3.60. The minimum atomic E-state index is -0.957. The molecule has 0 spiro atoms. The van der Waals surface area contributed by atoms with E-state index in [-0.39, 0.29) is 17.5 Å². The molecule has 0 bridgehead atoms. The van der Waals surface area contributed by atoms with Crippen LogP contribution in [0.3, 0.4) is 0 Å². The summed E-state index contributed by atoms with van der Waals surface area (Å²) in [6.45, 7) is 2.34. The highest BCUT2D eigenvalue weighted by atomic mass is 16.5. The van der Waals surface area contributed by atoms with E-state index in [2.05, 4.69) is 15.5 Å². The highest BCUT2D eigenvalue weighted by Gasteiger charge is 2.36. The van der Waals surface area contributed by atoms with Crippen LogP contribution in [0.25, 0.3) is 0 Å². The van der Waals surface area contributed by atoms with Gasteiger partial charge in [0.1, 0.15) is 6.04 Å². The number of para-hydroxylation sites is 1. The van der Waals surface area contributed by atoms with Gasteiger partial charge in [-0.15, -0.1) is 0 Å². The minimum Gasteiger partial charge on any atom is -0.449 e. The van der Waals surface area contributed by atoms with Crippen LogP contribution >= 0.6 is 0 Å². The van der Waals surface area contributed by atoms with Crippen molar-refractivity contribution in [3.8, 4) is 0 Å². The number of esters is 1. The average molecular weight is 379 g/mol. The lowest BCUT2D eigenvalue weighted by molar-refractivity contribution is -0.123. The summed E-state index contributed by atoms with van der Waals surface area (Å²) in [5, 5.41) is 5.57. The highest BCUT2D eigenvalue weighted by Crippen LogP contribution is 2.37. The summed E-state index contributed by atoms with van der Waals surface area (Å²) in [5.41, 5.74) is 2.43. The van der Waals surface area contributed by atoms with Gasteiger partial charge in [-0.2, -0.15) is 0 Å². The second kappa shape index (κ2) is 7.34. The Labute approximate surface area is 162 Å². The number of nitrogens with zero attached hydrogens (tertiary/aromatic N) is 1. The third-order valence-electron chi connectivity index (χ3n) is 5.05. The maximum Gasteiger partial charge on any atom is 0.338 e. The Morgan fingerprint density at radius 1 is 1.21 bits per heavy atom. The van der Waals surface area contributed by atoms with E-state index in [9.17, 15) is 14.4 Å². The van der Waals surface area contributed by atoms with E-state index in [1.165, 1.54) is 6.92 Å². The van der Waals surface area contributed by atoms with Gasteiger partial charge < -0.3 is 20.3 Å². The maximum atomic E-state index is 12.5. The van der Waals surface area contributed by atoms with Crippen LogP contribution in [0.15, 0.2) is 48.5 Å². The number of hydrogen-bond donors (Lipinski definition) is 2. The van der Waals surface area contributed by atoms with Crippen molar-refractivity contribution < 1.29 is 19.1 Å². The van der Waals surface area contributed by atoms with Gasteiger partial charge in [0.25, 0.3) is 5.91 Å². The molecule has 1 fully saturated rings. The van der Waals surface area contributed by atoms with Gasteiger partial charge in [0.2, 0.25) is 5.91 Å². The van der Waals surface area contributed by atoms with Crippen molar-refractivity contribution in [3.63, 3.8) is 0 Å². The molecule has 28 heavy (non-hydrogen) atoms. The summed E-state index contributed by atoms with van der Waals surface area (Å²) < 4.78 is 5.30. The van der Waals surface area contributed by atoms with Crippen molar-refractivity contribution in [2.75, 3.05) is 22.1 Å². The molecular weight excluding hydrogens is 358 g/mol. The number of nitrogens with one attached hydrogen (secondary N) is 2. The first-order valence-corrected chi connectivity index (χ1v) is 9.31. The quantitative estimate of drug-likeness (QED) is 0.798. The van der Waals surface area contributed by atoms with Gasteiger partial charge in [0.15, 0.2) is 6.10 Å². The minimum absolute atomic E-state index is 0.0499. The first kappa shape index (κ1) is 18.0. The van der Waals surface area contributed by atoms with Crippen LogP contribution in [0.5, 0.6) is 0 Å². The third-order valence-corrected chi connectivity index (χ3v) is 5.05. The monoisotopic (exact) mass is 379 g/mol. The zero-order chi connectivity index (χ0) is 19.7. The molecule has 0 unspecified atom stereocenters. The van der Waals surface area contributed by atoms with Gasteiger partial charge >= 0.3 is 5.97 Å². The normalized spacial score (nSPS) is 18.5. The maximum absolute atomic E-state index is 12.5. The predicted molar refractivity (Wildman–Crippen MR) is 105 cm³/mol. The van der Waals surface area contributed by atoms with Crippen molar-refractivity contribution in [2.24, 2.45) is 0 Å². The number of carbonyl (C=O) groups is 3. The molecule has 2 amide bonds. The molecule has 2 aromatic rings. The van der Waals surface area contributed by atoms with Crippen molar-refractivity contribution >= 4 is 34.8 Å². The molecule has 2 aromatic carbocycles. The Balaban J connectivity index is 1.44. The Morgan fingerprint density at radius 3 is 2.79 bits per heavy atom. The summed E-state index contributed by atoms with van der Waals surface area (Å²) in [6, 6.07) is 13.9. The number of ether oxygens (including phenoxy) is 1. The molecule has 7 heteroatoms. The van der Waals surface area contributed by atoms with Crippen molar-refractivity contribution in [3.05, 3.63) is 54.1 Å². The van der Waals surface area contributed by atoms with Crippen molar-refractivity contribution in [1.29, 1.82) is 0 Å². The Hall–Kier alpha value is -3.35. The van der Waals surface area contributed by atoms with Crippen LogP contribution in [0, 0.1) is 0 Å². The molecule has 0 radical (unpaired) electrons. The standard InChI is InChI=1S/C21H21N3O4/c1-13(19(25)22-15-6-3-2-4-7-15)28-21(27)14-9-10-17-16(12-14)23-20(26)18-8-5-11-24(17)18/h2-4,6-7,9-10,12-13,18H,5,8,11H2,1H3,(H,22,25)(H,23,26)/t13-,18+/m1/s1. The largest absolute Gasteiger partial charge is 0.449 e. The fourth-order valence-electron chi connectivity index (χ4n) is 3.60. The second-order valence-corrected chi connectivity index (χ2v) is 6.98. The molecule has 2 aliphatic rings. The van der Waals surface area contributed by atoms with E-state index in [1.54, 1.807) is 36.4 Å². The van der Waals surface area contributed by atoms with Gasteiger partial charge in [-0.05, 0) is 50.1 Å². The lowest BCUT2D eigenvalue weighted by atomic mass is 10.1. The lowest BCUT2D eigenvalue weighted by Gasteiger charge is -2.33. The zero-order valence-corrected chi connectivity index (χ0v) is 15.5. The summed E-state index contributed by atoms with van der Waals surface area (Å²) in [4.78, 5) is 39.0. The molecule has 7 nitrogen and oxygen atoms in total. The van der Waals surface area contributed by atoms with Gasteiger partial charge in [0, 0.05) is 12.2 Å². The number of rotatable bonds is 4. The van der Waals surface area contributed by atoms with Crippen LogP contribution in [-0.2, 0) is 14.3 Å². The van der Waals surface area contributed by atoms with Crippen LogP contribution in [0.1, 0.15) is 30.1 Å². The lowest BCUT2D eigenvalue weighted by Crippen LogP contribution is -2.43. The summed E-state index contributed by atoms with van der Waals surface area (Å²) in [6.07, 6.45) is 0.847. The molecule has 4 rings (SSSR count). The molecule has 2 N–H and O–H groups in total. The number of hydrogen-bond acceptors (Lipinski definition) is 5. The van der Waals surface area contributed by atoms with E-state index in [4.69, 9.17) is 4.74 Å². The van der Waals surface area contributed by atoms with E-state index in [0.717, 1.165) is 25.1 Å². The fraction of sp³-hybridized carbons (Fsp3) is 0.286. The average Bonchev–Trinajstić information content (AvgIpc) is 3.19.